The van der Waals surface area contributed by atoms with Gasteiger partial charge in [-0.2, -0.15) is 0 Å². The first-order chi connectivity index (χ1) is 15.6. The molecule has 0 saturated carbocycles. The molecule has 0 aromatic heterocycles. The van der Waals surface area contributed by atoms with Crippen molar-refractivity contribution in [3.05, 3.63) is 29.8 Å². The van der Waals surface area contributed by atoms with Crippen LogP contribution in [0.25, 0.3) is 0 Å². The topological polar surface area (TPSA) is 217 Å². The molecule has 0 aliphatic rings. The number of carboxylic acids is 1. The molecule has 33 heavy (non-hydrogen) atoms. The lowest BCUT2D eigenvalue weighted by atomic mass is 10.1. The van der Waals surface area contributed by atoms with Crippen molar-refractivity contribution in [3.63, 3.8) is 0 Å². The number of amides is 3. The summed E-state index contributed by atoms with van der Waals surface area (Å²) in [6.45, 7) is 1.08. The Kier molecular flexibility index (Phi) is 11.8. The molecular formula is C21H33N5O7. The summed E-state index contributed by atoms with van der Waals surface area (Å²) in [5, 5.41) is 35.2. The molecule has 12 nitrogen and oxygen atoms in total. The van der Waals surface area contributed by atoms with Crippen LogP contribution < -0.4 is 27.4 Å². The first-order valence-electron chi connectivity index (χ1n) is 10.6. The average Bonchev–Trinajstić information content (AvgIpc) is 2.77. The molecule has 1 rings (SSSR count). The van der Waals surface area contributed by atoms with E-state index in [1.807, 2.05) is 0 Å². The quantitative estimate of drug-likeness (QED) is 0.141. The highest BCUT2D eigenvalue weighted by Crippen LogP contribution is 2.11. The van der Waals surface area contributed by atoms with Gasteiger partial charge in [0.15, 0.2) is 0 Å². The summed E-state index contributed by atoms with van der Waals surface area (Å²) in [5.41, 5.74) is 11.7. The van der Waals surface area contributed by atoms with Crippen molar-refractivity contribution in [3.8, 4) is 5.75 Å². The first kappa shape index (κ1) is 27.8. The highest BCUT2D eigenvalue weighted by molar-refractivity contribution is 5.94. The lowest BCUT2D eigenvalue weighted by molar-refractivity contribution is -0.142. The minimum Gasteiger partial charge on any atom is -0.508 e. The Morgan fingerprint density at radius 1 is 0.939 bits per heavy atom. The van der Waals surface area contributed by atoms with Gasteiger partial charge in [0.25, 0.3) is 0 Å². The van der Waals surface area contributed by atoms with Crippen LogP contribution in [0.5, 0.6) is 5.75 Å². The molecular weight excluding hydrogens is 434 g/mol. The second-order valence-corrected chi connectivity index (χ2v) is 7.63. The van der Waals surface area contributed by atoms with E-state index in [-0.39, 0.29) is 12.2 Å². The normalized spacial score (nSPS) is 14.4. The van der Waals surface area contributed by atoms with Crippen LogP contribution in [0.3, 0.4) is 0 Å². The van der Waals surface area contributed by atoms with Gasteiger partial charge in [0.2, 0.25) is 17.7 Å². The molecule has 0 spiro atoms. The van der Waals surface area contributed by atoms with Crippen molar-refractivity contribution in [1.82, 2.24) is 16.0 Å². The number of hydrogen-bond donors (Lipinski definition) is 8. The Hall–Kier alpha value is -3.22. The van der Waals surface area contributed by atoms with Crippen molar-refractivity contribution in [2.75, 3.05) is 13.2 Å². The number of nitrogens with two attached hydrogens (primary N) is 2. The maximum Gasteiger partial charge on any atom is 0.326 e. The maximum atomic E-state index is 12.4. The van der Waals surface area contributed by atoms with Crippen LogP contribution in [-0.2, 0) is 25.6 Å². The minimum atomic E-state index is -1.33. The molecule has 0 heterocycles. The molecule has 12 heteroatoms. The average molecular weight is 468 g/mol. The van der Waals surface area contributed by atoms with Gasteiger partial charge in [-0.25, -0.2) is 4.79 Å². The van der Waals surface area contributed by atoms with E-state index in [1.54, 1.807) is 0 Å². The highest BCUT2D eigenvalue weighted by Gasteiger charge is 2.28. The molecule has 1 aromatic carbocycles. The summed E-state index contributed by atoms with van der Waals surface area (Å²) in [4.78, 5) is 48.5. The number of hydrogen-bond acceptors (Lipinski definition) is 8. The van der Waals surface area contributed by atoms with Gasteiger partial charge in [-0.05, 0) is 44.0 Å². The Balaban J connectivity index is 2.64. The lowest BCUT2D eigenvalue weighted by Gasteiger charge is -2.22. The van der Waals surface area contributed by atoms with Crippen molar-refractivity contribution in [1.29, 1.82) is 0 Å². The smallest absolute Gasteiger partial charge is 0.326 e. The van der Waals surface area contributed by atoms with Crippen LogP contribution in [0.4, 0.5) is 0 Å². The van der Waals surface area contributed by atoms with Gasteiger partial charge < -0.3 is 42.7 Å². The van der Waals surface area contributed by atoms with Gasteiger partial charge in [-0.1, -0.05) is 18.6 Å². The van der Waals surface area contributed by atoms with Crippen LogP contribution in [0.15, 0.2) is 24.3 Å². The SMILES string of the molecule is CC(NC(=O)C(CO)NC(=O)C(N)CCCCN)C(=O)NC(Cc1ccc(O)cc1)C(=O)O. The molecule has 0 radical (unpaired) electrons. The summed E-state index contributed by atoms with van der Waals surface area (Å²) >= 11 is 0. The van der Waals surface area contributed by atoms with Gasteiger partial charge in [-0.3, -0.25) is 14.4 Å². The molecule has 0 bridgehead atoms. The number of aliphatic hydroxyl groups excluding tert-OH is 1. The fraction of sp³-hybridized carbons (Fsp3) is 0.524. The van der Waals surface area contributed by atoms with Crippen LogP contribution >= 0.6 is 0 Å². The Labute approximate surface area is 191 Å². The molecule has 3 amide bonds. The first-order valence-corrected chi connectivity index (χ1v) is 10.6. The van der Waals surface area contributed by atoms with E-state index in [4.69, 9.17) is 11.5 Å². The Morgan fingerprint density at radius 2 is 1.55 bits per heavy atom. The van der Waals surface area contributed by atoms with Crippen molar-refractivity contribution in [2.24, 2.45) is 11.5 Å². The van der Waals surface area contributed by atoms with Gasteiger partial charge in [0.1, 0.15) is 23.9 Å². The van der Waals surface area contributed by atoms with E-state index < -0.39 is 54.5 Å². The van der Waals surface area contributed by atoms with E-state index in [0.29, 0.717) is 31.4 Å². The number of aromatic hydroxyl groups is 1. The molecule has 184 valence electrons. The predicted octanol–water partition coefficient (Wildman–Crippen LogP) is -2.06. The number of aliphatic hydroxyl groups is 1. The lowest BCUT2D eigenvalue weighted by Crippen LogP contribution is -2.57. The number of aliphatic carboxylic acids is 1. The van der Waals surface area contributed by atoms with E-state index in [1.165, 1.54) is 31.2 Å². The number of phenols is 1. The van der Waals surface area contributed by atoms with Crippen LogP contribution in [0, 0.1) is 0 Å². The summed E-state index contributed by atoms with van der Waals surface area (Å²) in [6, 6.07) is 1.20. The van der Waals surface area contributed by atoms with Gasteiger partial charge in [0.05, 0.1) is 12.6 Å². The molecule has 0 saturated heterocycles. The number of carbonyl (C=O) groups excluding carboxylic acids is 3. The number of rotatable bonds is 14. The number of carbonyl (C=O) groups is 4. The second kappa shape index (κ2) is 14.0. The third-order valence-electron chi connectivity index (χ3n) is 4.86. The van der Waals surface area contributed by atoms with Crippen LogP contribution in [0.1, 0.15) is 31.7 Å². The largest absolute Gasteiger partial charge is 0.508 e. The highest BCUT2D eigenvalue weighted by atomic mass is 16.4. The third-order valence-corrected chi connectivity index (χ3v) is 4.86. The third kappa shape index (κ3) is 9.85. The zero-order chi connectivity index (χ0) is 25.0. The summed E-state index contributed by atoms with van der Waals surface area (Å²) in [5.74, 6) is -3.48. The van der Waals surface area contributed by atoms with Crippen molar-refractivity contribution in [2.45, 2.75) is 56.8 Å². The monoisotopic (exact) mass is 467 g/mol. The fourth-order valence-electron chi connectivity index (χ4n) is 2.86. The van der Waals surface area contributed by atoms with Crippen LogP contribution in [-0.4, -0.2) is 76.3 Å². The van der Waals surface area contributed by atoms with Gasteiger partial charge in [0, 0.05) is 6.42 Å². The number of unbranched alkanes of at least 4 members (excludes halogenated alkanes) is 1. The standard InChI is InChI=1S/C21H33N5O7/c1-12(18(29)25-16(21(32)33)10-13-5-7-14(28)8-6-13)24-20(31)17(11-27)26-19(30)15(23)4-2-3-9-22/h5-8,12,15-17,27-28H,2-4,9-11,22-23H2,1H3,(H,24,31)(H,25,29)(H,26,30)(H,32,33). The molecule has 0 fully saturated rings. The number of phenolic OH excluding ortho intramolecular Hbond substituents is 1. The fourth-order valence-corrected chi connectivity index (χ4v) is 2.86. The molecule has 4 unspecified atom stereocenters. The summed E-state index contributed by atoms with van der Waals surface area (Å²) in [7, 11) is 0. The van der Waals surface area contributed by atoms with Gasteiger partial charge in [-0.15, -0.1) is 0 Å². The van der Waals surface area contributed by atoms with Gasteiger partial charge >= 0.3 is 5.97 Å². The van der Waals surface area contributed by atoms with E-state index in [0.717, 1.165) is 0 Å². The zero-order valence-electron chi connectivity index (χ0n) is 18.5. The predicted molar refractivity (Wildman–Crippen MR) is 119 cm³/mol. The maximum absolute atomic E-state index is 12.4. The summed E-state index contributed by atoms with van der Waals surface area (Å²) in [6.07, 6.45) is 1.65. The van der Waals surface area contributed by atoms with E-state index in [2.05, 4.69) is 16.0 Å². The Morgan fingerprint density at radius 3 is 2.09 bits per heavy atom. The zero-order valence-corrected chi connectivity index (χ0v) is 18.5. The molecule has 0 aliphatic heterocycles. The van der Waals surface area contributed by atoms with Crippen LogP contribution in [0.2, 0.25) is 0 Å². The molecule has 0 aliphatic carbocycles. The number of benzene rings is 1. The van der Waals surface area contributed by atoms with Crippen molar-refractivity contribution < 1.29 is 34.5 Å². The minimum absolute atomic E-state index is 0.0213. The number of carboxylic acid groups (broad SMARTS) is 1. The van der Waals surface area contributed by atoms with Crippen molar-refractivity contribution >= 4 is 23.7 Å². The second-order valence-electron chi connectivity index (χ2n) is 7.63. The van der Waals surface area contributed by atoms with E-state index in [9.17, 15) is 34.5 Å². The molecule has 4 atom stereocenters. The molecule has 10 N–H and O–H groups in total. The number of nitrogens with one attached hydrogen (secondary N) is 3. The van der Waals surface area contributed by atoms with E-state index >= 15 is 0 Å². The Bertz CT molecular complexity index is 803. The molecule has 1 aromatic rings. The summed E-state index contributed by atoms with van der Waals surface area (Å²) < 4.78 is 0.